The minimum absolute atomic E-state index is 0.0590. The molecule has 1 N–H and O–H groups in total. The third kappa shape index (κ3) is 4.13. The third-order valence-electron chi connectivity index (χ3n) is 5.17. The lowest BCUT2D eigenvalue weighted by atomic mass is 9.92. The highest BCUT2D eigenvalue weighted by molar-refractivity contribution is 5.91. The topological polar surface area (TPSA) is 49.4 Å². The van der Waals surface area contributed by atoms with Gasteiger partial charge in [-0.2, -0.15) is 0 Å². The number of carbonyl (C=O) groups is 2. The van der Waals surface area contributed by atoms with Crippen molar-refractivity contribution in [1.82, 2.24) is 10.2 Å². The van der Waals surface area contributed by atoms with Crippen LogP contribution in [0.4, 0.5) is 0 Å². The van der Waals surface area contributed by atoms with Gasteiger partial charge in [0.25, 0.3) is 0 Å². The van der Waals surface area contributed by atoms with Gasteiger partial charge in [-0.3, -0.25) is 9.59 Å². The Morgan fingerprint density at radius 3 is 2.27 bits per heavy atom. The quantitative estimate of drug-likeness (QED) is 0.894. The molecule has 1 atom stereocenters. The van der Waals surface area contributed by atoms with Crippen molar-refractivity contribution in [3.63, 3.8) is 0 Å². The molecule has 0 saturated carbocycles. The van der Waals surface area contributed by atoms with Crippen molar-refractivity contribution in [3.05, 3.63) is 71.8 Å². The Kier molecular flexibility index (Phi) is 5.71. The molecule has 1 aliphatic heterocycles. The summed E-state index contributed by atoms with van der Waals surface area (Å²) in [5.74, 6) is -0.0174. The molecule has 2 aromatic carbocycles. The second-order valence-corrected chi connectivity index (χ2v) is 7.11. The molecule has 26 heavy (non-hydrogen) atoms. The van der Waals surface area contributed by atoms with E-state index in [1.165, 1.54) is 0 Å². The number of amides is 2. The lowest BCUT2D eigenvalue weighted by molar-refractivity contribution is -0.147. The lowest BCUT2D eigenvalue weighted by Gasteiger charge is -2.39. The van der Waals surface area contributed by atoms with Crippen LogP contribution in [0.25, 0.3) is 0 Å². The molecule has 2 amide bonds. The van der Waals surface area contributed by atoms with Gasteiger partial charge in [-0.25, -0.2) is 0 Å². The van der Waals surface area contributed by atoms with Gasteiger partial charge in [0.2, 0.25) is 11.8 Å². The van der Waals surface area contributed by atoms with Gasteiger partial charge in [0.15, 0.2) is 0 Å². The highest BCUT2D eigenvalue weighted by atomic mass is 16.2. The molecule has 0 bridgehead atoms. The summed E-state index contributed by atoms with van der Waals surface area (Å²) in [4.78, 5) is 27.6. The molecule has 1 saturated heterocycles. The molecule has 1 heterocycles. The molecule has 0 aliphatic carbocycles. The van der Waals surface area contributed by atoms with Gasteiger partial charge in [0.05, 0.1) is 0 Å². The Labute approximate surface area is 155 Å². The first-order valence-electron chi connectivity index (χ1n) is 9.26. The van der Waals surface area contributed by atoms with Gasteiger partial charge < -0.3 is 10.2 Å². The maximum absolute atomic E-state index is 13.1. The zero-order chi connectivity index (χ0) is 18.4. The van der Waals surface area contributed by atoms with Gasteiger partial charge in [-0.1, -0.05) is 67.1 Å². The summed E-state index contributed by atoms with van der Waals surface area (Å²) in [5, 5.41) is 3.04. The number of nitrogens with zero attached hydrogens (tertiary/aromatic N) is 1. The van der Waals surface area contributed by atoms with Crippen LogP contribution in [0.15, 0.2) is 60.7 Å². The van der Waals surface area contributed by atoms with Crippen LogP contribution in [0.1, 0.15) is 43.7 Å². The standard InChI is InChI=1S/C22H26N2O2/c1-22(21(26)23-16-18-10-4-2-5-11-18)15-9-8-14-20(25)24(22)17-19-12-6-3-7-13-19/h2-7,10-13H,8-9,14-17H2,1H3,(H,23,26). The number of nitrogens with one attached hydrogen (secondary N) is 1. The molecule has 0 spiro atoms. The first kappa shape index (κ1) is 18.2. The van der Waals surface area contributed by atoms with Crippen molar-refractivity contribution in [2.45, 2.75) is 51.2 Å². The number of hydrogen-bond donors (Lipinski definition) is 1. The van der Waals surface area contributed by atoms with Crippen LogP contribution in [0.2, 0.25) is 0 Å². The SMILES string of the molecule is CC1(C(=O)NCc2ccccc2)CCCCC(=O)N1Cc1ccccc1. The zero-order valence-corrected chi connectivity index (χ0v) is 15.3. The molecule has 1 unspecified atom stereocenters. The minimum atomic E-state index is -0.821. The molecule has 3 rings (SSSR count). The summed E-state index contributed by atoms with van der Waals surface area (Å²) in [6, 6.07) is 19.7. The van der Waals surface area contributed by atoms with Crippen molar-refractivity contribution in [3.8, 4) is 0 Å². The van der Waals surface area contributed by atoms with Crippen LogP contribution in [0, 0.1) is 0 Å². The summed E-state index contributed by atoms with van der Waals surface area (Å²) < 4.78 is 0. The second kappa shape index (κ2) is 8.17. The van der Waals surface area contributed by atoms with Gasteiger partial charge in [0.1, 0.15) is 5.54 Å². The second-order valence-electron chi connectivity index (χ2n) is 7.11. The molecule has 0 aromatic heterocycles. The Balaban J connectivity index is 1.79. The first-order valence-corrected chi connectivity index (χ1v) is 9.26. The van der Waals surface area contributed by atoms with Crippen molar-refractivity contribution in [1.29, 1.82) is 0 Å². The molecule has 1 aliphatic rings. The molecule has 4 nitrogen and oxygen atoms in total. The normalized spacial score (nSPS) is 20.5. The number of likely N-dealkylation sites (tertiary alicyclic amines) is 1. The molecule has 0 radical (unpaired) electrons. The summed E-state index contributed by atoms with van der Waals surface area (Å²) in [7, 11) is 0. The fourth-order valence-corrected chi connectivity index (χ4v) is 3.52. The fraction of sp³-hybridized carbons (Fsp3) is 0.364. The van der Waals surface area contributed by atoms with Crippen molar-refractivity contribution < 1.29 is 9.59 Å². The monoisotopic (exact) mass is 350 g/mol. The maximum Gasteiger partial charge on any atom is 0.245 e. The minimum Gasteiger partial charge on any atom is -0.350 e. The van der Waals surface area contributed by atoms with Crippen LogP contribution in [0.3, 0.4) is 0 Å². The molecule has 1 fully saturated rings. The Hall–Kier alpha value is -2.62. The maximum atomic E-state index is 13.1. The Morgan fingerprint density at radius 2 is 1.62 bits per heavy atom. The summed E-state index contributed by atoms with van der Waals surface area (Å²) in [6.07, 6.45) is 2.92. The smallest absolute Gasteiger partial charge is 0.245 e. The molecule has 4 heteroatoms. The largest absolute Gasteiger partial charge is 0.350 e. The van der Waals surface area contributed by atoms with E-state index in [4.69, 9.17) is 0 Å². The summed E-state index contributed by atoms with van der Waals surface area (Å²) >= 11 is 0. The number of carbonyl (C=O) groups excluding carboxylic acids is 2. The van der Waals surface area contributed by atoms with E-state index in [-0.39, 0.29) is 11.8 Å². The van der Waals surface area contributed by atoms with E-state index in [0.717, 1.165) is 24.0 Å². The van der Waals surface area contributed by atoms with Crippen LogP contribution < -0.4 is 5.32 Å². The number of hydrogen-bond acceptors (Lipinski definition) is 2. The zero-order valence-electron chi connectivity index (χ0n) is 15.3. The van der Waals surface area contributed by atoms with Gasteiger partial charge >= 0.3 is 0 Å². The molecular weight excluding hydrogens is 324 g/mol. The van der Waals surface area contributed by atoms with E-state index in [9.17, 15) is 9.59 Å². The summed E-state index contributed by atoms with van der Waals surface area (Å²) in [5.41, 5.74) is 1.28. The lowest BCUT2D eigenvalue weighted by Crippen LogP contribution is -2.57. The van der Waals surface area contributed by atoms with E-state index in [0.29, 0.717) is 25.9 Å². The van der Waals surface area contributed by atoms with Crippen molar-refractivity contribution >= 4 is 11.8 Å². The Morgan fingerprint density at radius 1 is 1.00 bits per heavy atom. The molecule has 2 aromatic rings. The Bertz CT molecular complexity index is 745. The highest BCUT2D eigenvalue weighted by Gasteiger charge is 2.42. The number of benzene rings is 2. The highest BCUT2D eigenvalue weighted by Crippen LogP contribution is 2.30. The predicted molar refractivity (Wildman–Crippen MR) is 102 cm³/mol. The van der Waals surface area contributed by atoms with Crippen molar-refractivity contribution in [2.75, 3.05) is 0 Å². The van der Waals surface area contributed by atoms with E-state index >= 15 is 0 Å². The molecule has 136 valence electrons. The fourth-order valence-electron chi connectivity index (χ4n) is 3.52. The van der Waals surface area contributed by atoms with Gasteiger partial charge in [0, 0.05) is 19.5 Å². The summed E-state index contributed by atoms with van der Waals surface area (Å²) in [6.45, 7) is 2.84. The predicted octanol–water partition coefficient (Wildman–Crippen LogP) is 3.66. The van der Waals surface area contributed by atoms with E-state index in [1.807, 2.05) is 67.6 Å². The number of rotatable bonds is 5. The van der Waals surface area contributed by atoms with E-state index < -0.39 is 5.54 Å². The van der Waals surface area contributed by atoms with Gasteiger partial charge in [-0.05, 0) is 30.9 Å². The molecular formula is C22H26N2O2. The first-order chi connectivity index (χ1) is 12.6. The van der Waals surface area contributed by atoms with Crippen LogP contribution >= 0.6 is 0 Å². The van der Waals surface area contributed by atoms with E-state index in [1.54, 1.807) is 4.90 Å². The van der Waals surface area contributed by atoms with Crippen LogP contribution in [-0.4, -0.2) is 22.3 Å². The third-order valence-corrected chi connectivity index (χ3v) is 5.17. The average Bonchev–Trinajstić information content (AvgIpc) is 2.82. The van der Waals surface area contributed by atoms with Crippen molar-refractivity contribution in [2.24, 2.45) is 0 Å². The van der Waals surface area contributed by atoms with Crippen LogP contribution in [0.5, 0.6) is 0 Å². The van der Waals surface area contributed by atoms with Crippen LogP contribution in [-0.2, 0) is 22.7 Å². The van der Waals surface area contributed by atoms with Gasteiger partial charge in [-0.15, -0.1) is 0 Å². The van der Waals surface area contributed by atoms with E-state index in [2.05, 4.69) is 5.32 Å². The average molecular weight is 350 g/mol.